The van der Waals surface area contributed by atoms with Crippen molar-refractivity contribution < 1.29 is 13.2 Å². The molecule has 1 fully saturated rings. The third kappa shape index (κ3) is 4.12. The Hall–Kier alpha value is -0.760. The third-order valence-electron chi connectivity index (χ3n) is 3.24. The summed E-state index contributed by atoms with van der Waals surface area (Å²) < 4.78 is 32.2. The number of nitrogens with two attached hydrogens (primary N) is 1. The molecule has 1 aliphatic heterocycles. The molecule has 1 aromatic carbocycles. The maximum absolute atomic E-state index is 12.7. The molecule has 7 heteroatoms. The molecule has 0 amide bonds. The van der Waals surface area contributed by atoms with Crippen LogP contribution in [0.25, 0.3) is 0 Å². The summed E-state index contributed by atoms with van der Waals surface area (Å²) in [6, 6.07) is 6.53. The van der Waals surface area contributed by atoms with Crippen LogP contribution >= 0.6 is 11.8 Å². The van der Waals surface area contributed by atoms with E-state index in [2.05, 4.69) is 13.8 Å². The predicted octanol–water partition coefficient (Wildman–Crippen LogP) is 1.54. The van der Waals surface area contributed by atoms with E-state index >= 15 is 0 Å². The van der Waals surface area contributed by atoms with Gasteiger partial charge in [-0.1, -0.05) is 0 Å². The first kappa shape index (κ1) is 16.6. The van der Waals surface area contributed by atoms with E-state index in [9.17, 15) is 8.42 Å². The third-order valence-corrected chi connectivity index (χ3v) is 6.40. The highest BCUT2D eigenvalue weighted by Gasteiger charge is 2.34. The average Bonchev–Trinajstić information content (AvgIpc) is 2.44. The van der Waals surface area contributed by atoms with Gasteiger partial charge in [-0.15, -0.1) is 0 Å². The van der Waals surface area contributed by atoms with Crippen LogP contribution in [0.5, 0.6) is 5.75 Å². The molecule has 0 aromatic heterocycles. The molecule has 21 heavy (non-hydrogen) atoms. The molecule has 0 saturated carbocycles. The van der Waals surface area contributed by atoms with E-state index in [0.29, 0.717) is 36.9 Å². The van der Waals surface area contributed by atoms with Gasteiger partial charge in [0, 0.05) is 30.1 Å². The summed E-state index contributed by atoms with van der Waals surface area (Å²) in [5.74, 6) is 1.46. The topological polar surface area (TPSA) is 72.6 Å². The van der Waals surface area contributed by atoms with Gasteiger partial charge in [-0.3, -0.25) is 0 Å². The minimum atomic E-state index is -3.43. The van der Waals surface area contributed by atoms with E-state index < -0.39 is 10.0 Å². The maximum atomic E-state index is 12.7. The number of thioether (sulfide) groups is 1. The standard InChI is InChI=1S/C14H22N2O3S2/c1-14(2)11-16(8-10-20-14)21(17,18)13-5-3-12(4-6-13)19-9-7-15/h3-6H,7-11,15H2,1-2H3. The second-order valence-electron chi connectivity index (χ2n) is 5.56. The minimum Gasteiger partial charge on any atom is -0.492 e. The molecule has 0 bridgehead atoms. The zero-order valence-corrected chi connectivity index (χ0v) is 14.0. The van der Waals surface area contributed by atoms with Crippen LogP contribution in [-0.2, 0) is 10.0 Å². The van der Waals surface area contributed by atoms with Crippen LogP contribution in [0, 0.1) is 0 Å². The lowest BCUT2D eigenvalue weighted by Gasteiger charge is -2.36. The number of ether oxygens (including phenoxy) is 1. The molecule has 1 saturated heterocycles. The Morgan fingerprint density at radius 2 is 2.00 bits per heavy atom. The van der Waals surface area contributed by atoms with E-state index in [0.717, 1.165) is 5.75 Å². The van der Waals surface area contributed by atoms with Crippen molar-refractivity contribution in [2.45, 2.75) is 23.5 Å². The fourth-order valence-corrected chi connectivity index (χ4v) is 5.12. The zero-order chi connectivity index (χ0) is 15.5. The Bertz CT molecular complexity index is 570. The largest absolute Gasteiger partial charge is 0.492 e. The molecule has 0 spiro atoms. The molecule has 2 rings (SSSR count). The minimum absolute atomic E-state index is 0.0461. The normalized spacial score (nSPS) is 19.4. The maximum Gasteiger partial charge on any atom is 0.243 e. The van der Waals surface area contributed by atoms with Crippen molar-refractivity contribution in [2.24, 2.45) is 5.73 Å². The van der Waals surface area contributed by atoms with Gasteiger partial charge in [-0.25, -0.2) is 8.42 Å². The van der Waals surface area contributed by atoms with Gasteiger partial charge >= 0.3 is 0 Å². The van der Waals surface area contributed by atoms with Gasteiger partial charge in [0.05, 0.1) is 4.90 Å². The van der Waals surface area contributed by atoms with Crippen LogP contribution in [0.1, 0.15) is 13.8 Å². The van der Waals surface area contributed by atoms with Crippen molar-refractivity contribution in [2.75, 3.05) is 32.0 Å². The summed E-state index contributed by atoms with van der Waals surface area (Å²) in [6.45, 7) is 6.09. The van der Waals surface area contributed by atoms with E-state index in [1.165, 1.54) is 0 Å². The SMILES string of the molecule is CC1(C)CN(S(=O)(=O)c2ccc(OCCN)cc2)CCS1. The number of hydrogen-bond acceptors (Lipinski definition) is 5. The lowest BCUT2D eigenvalue weighted by molar-refractivity contribution is 0.328. The van der Waals surface area contributed by atoms with Crippen LogP contribution in [0.2, 0.25) is 0 Å². The highest BCUT2D eigenvalue weighted by atomic mass is 32.2. The number of nitrogens with zero attached hydrogens (tertiary/aromatic N) is 1. The molecule has 0 aliphatic carbocycles. The van der Waals surface area contributed by atoms with Gasteiger partial charge in [0.15, 0.2) is 0 Å². The van der Waals surface area contributed by atoms with Gasteiger partial charge in [-0.2, -0.15) is 16.1 Å². The molecule has 0 unspecified atom stereocenters. The van der Waals surface area contributed by atoms with Gasteiger partial charge in [0.2, 0.25) is 10.0 Å². The Kier molecular flexibility index (Phi) is 5.19. The first-order chi connectivity index (χ1) is 9.85. The number of hydrogen-bond donors (Lipinski definition) is 1. The van der Waals surface area contributed by atoms with Crippen molar-refractivity contribution in [3.63, 3.8) is 0 Å². The lowest BCUT2D eigenvalue weighted by atomic mass is 10.2. The van der Waals surface area contributed by atoms with Gasteiger partial charge < -0.3 is 10.5 Å². The first-order valence-electron chi connectivity index (χ1n) is 6.92. The average molecular weight is 330 g/mol. The molecule has 118 valence electrons. The van der Waals surface area contributed by atoms with Gasteiger partial charge in [0.1, 0.15) is 12.4 Å². The molecule has 0 radical (unpaired) electrons. The van der Waals surface area contributed by atoms with Crippen LogP contribution in [0.15, 0.2) is 29.2 Å². The fourth-order valence-electron chi connectivity index (χ4n) is 2.21. The van der Waals surface area contributed by atoms with E-state index in [4.69, 9.17) is 10.5 Å². The Balaban J connectivity index is 2.15. The smallest absolute Gasteiger partial charge is 0.243 e. The van der Waals surface area contributed by atoms with Gasteiger partial charge in [-0.05, 0) is 38.1 Å². The summed E-state index contributed by atoms with van der Waals surface area (Å²) in [7, 11) is -3.43. The zero-order valence-electron chi connectivity index (χ0n) is 12.4. The van der Waals surface area contributed by atoms with E-state index in [1.807, 2.05) is 11.8 Å². The highest BCUT2D eigenvalue weighted by molar-refractivity contribution is 8.00. The number of benzene rings is 1. The second kappa shape index (κ2) is 6.56. The summed E-state index contributed by atoms with van der Waals surface area (Å²) in [4.78, 5) is 0.310. The van der Waals surface area contributed by atoms with E-state index in [1.54, 1.807) is 28.6 Å². The molecular formula is C14H22N2O3S2. The quantitative estimate of drug-likeness (QED) is 0.886. The predicted molar refractivity (Wildman–Crippen MR) is 86.3 cm³/mol. The molecule has 2 N–H and O–H groups in total. The van der Waals surface area contributed by atoms with E-state index in [-0.39, 0.29) is 4.75 Å². The Morgan fingerprint density at radius 1 is 1.33 bits per heavy atom. The number of rotatable bonds is 5. The Labute approximate surface area is 130 Å². The van der Waals surface area contributed by atoms with Crippen molar-refractivity contribution in [1.82, 2.24) is 4.31 Å². The monoisotopic (exact) mass is 330 g/mol. The second-order valence-corrected chi connectivity index (χ2v) is 9.30. The van der Waals surface area contributed by atoms with Crippen molar-refractivity contribution in [1.29, 1.82) is 0 Å². The summed E-state index contributed by atoms with van der Waals surface area (Å²) in [5, 5.41) is 0. The number of sulfonamides is 1. The van der Waals surface area contributed by atoms with Crippen LogP contribution < -0.4 is 10.5 Å². The summed E-state index contributed by atoms with van der Waals surface area (Å²) >= 11 is 1.81. The molecule has 1 aliphatic rings. The fraction of sp³-hybridized carbons (Fsp3) is 0.571. The van der Waals surface area contributed by atoms with Gasteiger partial charge in [0.25, 0.3) is 0 Å². The Morgan fingerprint density at radius 3 is 2.57 bits per heavy atom. The molecule has 0 atom stereocenters. The lowest BCUT2D eigenvalue weighted by Crippen LogP contribution is -2.46. The van der Waals surface area contributed by atoms with Crippen LogP contribution in [-0.4, -0.2) is 49.5 Å². The molecule has 1 aromatic rings. The van der Waals surface area contributed by atoms with Crippen molar-refractivity contribution >= 4 is 21.8 Å². The highest BCUT2D eigenvalue weighted by Crippen LogP contribution is 2.32. The first-order valence-corrected chi connectivity index (χ1v) is 9.35. The summed E-state index contributed by atoms with van der Waals surface area (Å²) in [6.07, 6.45) is 0. The van der Waals surface area contributed by atoms with Crippen LogP contribution in [0.3, 0.4) is 0 Å². The summed E-state index contributed by atoms with van der Waals surface area (Å²) in [5.41, 5.74) is 5.37. The van der Waals surface area contributed by atoms with Crippen LogP contribution in [0.4, 0.5) is 0 Å². The molecule has 5 nitrogen and oxygen atoms in total. The van der Waals surface area contributed by atoms with Crippen molar-refractivity contribution in [3.8, 4) is 5.75 Å². The van der Waals surface area contributed by atoms with Crippen molar-refractivity contribution in [3.05, 3.63) is 24.3 Å². The molecular weight excluding hydrogens is 308 g/mol. The molecule has 1 heterocycles.